The Morgan fingerprint density at radius 2 is 2.17 bits per heavy atom. The molecule has 96 valence electrons. The zero-order chi connectivity index (χ0) is 13.1. The normalized spacial score (nSPS) is 12.7. The molecule has 0 radical (unpaired) electrons. The molecule has 1 aromatic heterocycles. The predicted molar refractivity (Wildman–Crippen MR) is 74.9 cm³/mol. The van der Waals surface area contributed by atoms with Gasteiger partial charge in [-0.3, -0.25) is 0 Å². The standard InChI is InChI=1S/C14H13BrClFO/c1-2-14-9(6-7-18-14)11(15)8-10-12(16)4-3-5-13(10)17/h3-7,11H,2,8H2,1H3. The van der Waals surface area contributed by atoms with Crippen LogP contribution >= 0.6 is 27.5 Å². The first-order valence-electron chi connectivity index (χ1n) is 5.76. The molecule has 0 amide bonds. The van der Waals surface area contributed by atoms with Gasteiger partial charge in [0.15, 0.2) is 0 Å². The Labute approximate surface area is 119 Å². The minimum Gasteiger partial charge on any atom is -0.469 e. The molecule has 0 N–H and O–H groups in total. The van der Waals surface area contributed by atoms with Crippen molar-refractivity contribution in [1.29, 1.82) is 0 Å². The summed E-state index contributed by atoms with van der Waals surface area (Å²) >= 11 is 9.60. The van der Waals surface area contributed by atoms with Gasteiger partial charge in [-0.25, -0.2) is 4.39 Å². The highest BCUT2D eigenvalue weighted by Crippen LogP contribution is 2.33. The van der Waals surface area contributed by atoms with Gasteiger partial charge in [0.25, 0.3) is 0 Å². The van der Waals surface area contributed by atoms with Crippen molar-refractivity contribution < 1.29 is 8.81 Å². The second kappa shape index (κ2) is 5.89. The molecule has 1 aromatic carbocycles. The summed E-state index contributed by atoms with van der Waals surface area (Å²) in [6.45, 7) is 2.03. The third kappa shape index (κ3) is 2.78. The minimum atomic E-state index is -0.270. The van der Waals surface area contributed by atoms with Gasteiger partial charge in [-0.2, -0.15) is 0 Å². The average Bonchev–Trinajstić information content (AvgIpc) is 2.82. The van der Waals surface area contributed by atoms with Crippen molar-refractivity contribution in [1.82, 2.24) is 0 Å². The number of rotatable bonds is 4. The summed E-state index contributed by atoms with van der Waals surface area (Å²) in [6, 6.07) is 6.65. The number of hydrogen-bond donors (Lipinski definition) is 0. The van der Waals surface area contributed by atoms with Crippen molar-refractivity contribution in [3.8, 4) is 0 Å². The maximum Gasteiger partial charge on any atom is 0.127 e. The van der Waals surface area contributed by atoms with Crippen molar-refractivity contribution >= 4 is 27.5 Å². The largest absolute Gasteiger partial charge is 0.469 e. The van der Waals surface area contributed by atoms with Gasteiger partial charge in [0.05, 0.1) is 6.26 Å². The number of hydrogen-bond acceptors (Lipinski definition) is 1. The topological polar surface area (TPSA) is 13.1 Å². The Morgan fingerprint density at radius 1 is 1.39 bits per heavy atom. The van der Waals surface area contributed by atoms with E-state index in [9.17, 15) is 4.39 Å². The van der Waals surface area contributed by atoms with E-state index in [4.69, 9.17) is 16.0 Å². The maximum atomic E-state index is 13.7. The summed E-state index contributed by atoms with van der Waals surface area (Å²) in [4.78, 5) is 0.000556. The molecule has 18 heavy (non-hydrogen) atoms. The van der Waals surface area contributed by atoms with E-state index in [2.05, 4.69) is 15.9 Å². The Morgan fingerprint density at radius 3 is 2.83 bits per heavy atom. The van der Waals surface area contributed by atoms with E-state index in [0.29, 0.717) is 17.0 Å². The van der Waals surface area contributed by atoms with E-state index in [1.54, 1.807) is 18.4 Å². The maximum absolute atomic E-state index is 13.7. The highest BCUT2D eigenvalue weighted by atomic mass is 79.9. The van der Waals surface area contributed by atoms with Gasteiger partial charge in [0.1, 0.15) is 11.6 Å². The van der Waals surface area contributed by atoms with Gasteiger partial charge in [-0.1, -0.05) is 40.5 Å². The van der Waals surface area contributed by atoms with Crippen LogP contribution in [0.15, 0.2) is 34.9 Å². The number of aryl methyl sites for hydroxylation is 1. The lowest BCUT2D eigenvalue weighted by Gasteiger charge is -2.11. The summed E-state index contributed by atoms with van der Waals surface area (Å²) in [6.07, 6.45) is 2.97. The van der Waals surface area contributed by atoms with Crippen LogP contribution in [-0.2, 0) is 12.8 Å². The second-order valence-corrected chi connectivity index (χ2v) is 5.54. The van der Waals surface area contributed by atoms with Crippen molar-refractivity contribution in [2.75, 3.05) is 0 Å². The van der Waals surface area contributed by atoms with E-state index >= 15 is 0 Å². The first-order valence-corrected chi connectivity index (χ1v) is 7.06. The number of benzene rings is 1. The lowest BCUT2D eigenvalue weighted by atomic mass is 10.0. The molecule has 0 bridgehead atoms. The molecule has 4 heteroatoms. The van der Waals surface area contributed by atoms with Gasteiger partial charge in [0, 0.05) is 27.4 Å². The Bertz CT molecular complexity index is 518. The van der Waals surface area contributed by atoms with Gasteiger partial charge in [0.2, 0.25) is 0 Å². The first kappa shape index (κ1) is 13.6. The molecule has 0 saturated carbocycles. The van der Waals surface area contributed by atoms with Gasteiger partial charge in [-0.05, 0) is 24.6 Å². The molecular formula is C14H13BrClFO. The molecule has 0 aliphatic heterocycles. The highest BCUT2D eigenvalue weighted by molar-refractivity contribution is 9.09. The van der Waals surface area contributed by atoms with Crippen LogP contribution in [0.3, 0.4) is 0 Å². The van der Waals surface area contributed by atoms with Crippen LogP contribution in [0.4, 0.5) is 4.39 Å². The monoisotopic (exact) mass is 330 g/mol. The fourth-order valence-electron chi connectivity index (χ4n) is 1.93. The van der Waals surface area contributed by atoms with Gasteiger partial charge in [-0.15, -0.1) is 0 Å². The molecule has 1 heterocycles. The quantitative estimate of drug-likeness (QED) is 0.692. The molecule has 1 atom stereocenters. The van der Waals surface area contributed by atoms with Crippen LogP contribution in [0, 0.1) is 5.82 Å². The molecule has 1 unspecified atom stereocenters. The number of furan rings is 1. The molecule has 0 fully saturated rings. The molecule has 0 aliphatic rings. The van der Waals surface area contributed by atoms with Crippen LogP contribution in [0.2, 0.25) is 5.02 Å². The van der Waals surface area contributed by atoms with Gasteiger partial charge < -0.3 is 4.42 Å². The first-order chi connectivity index (χ1) is 8.63. The molecule has 1 nitrogen and oxygen atoms in total. The lowest BCUT2D eigenvalue weighted by Crippen LogP contribution is -2.00. The molecule has 0 aliphatic carbocycles. The van der Waals surface area contributed by atoms with Crippen LogP contribution in [0.1, 0.15) is 28.6 Å². The number of halogens is 3. The van der Waals surface area contributed by atoms with E-state index < -0.39 is 0 Å². The zero-order valence-electron chi connectivity index (χ0n) is 9.92. The lowest BCUT2D eigenvalue weighted by molar-refractivity contribution is 0.510. The van der Waals surface area contributed by atoms with Crippen LogP contribution in [-0.4, -0.2) is 0 Å². The van der Waals surface area contributed by atoms with Crippen LogP contribution < -0.4 is 0 Å². The summed E-state index contributed by atoms with van der Waals surface area (Å²) in [5, 5.41) is 0.459. The van der Waals surface area contributed by atoms with Crippen molar-refractivity contribution in [2.24, 2.45) is 0 Å². The molecule has 2 aromatic rings. The average molecular weight is 332 g/mol. The highest BCUT2D eigenvalue weighted by Gasteiger charge is 2.18. The minimum absolute atomic E-state index is 0.000556. The SMILES string of the molecule is CCc1occc1C(Br)Cc1c(F)cccc1Cl. The Kier molecular flexibility index (Phi) is 4.46. The smallest absolute Gasteiger partial charge is 0.127 e. The fourth-order valence-corrected chi connectivity index (χ4v) is 2.91. The number of alkyl halides is 1. The van der Waals surface area contributed by atoms with Gasteiger partial charge >= 0.3 is 0 Å². The summed E-state index contributed by atoms with van der Waals surface area (Å²) in [5.41, 5.74) is 1.58. The molecular weight excluding hydrogens is 319 g/mol. The Hall–Kier alpha value is -0.800. The third-order valence-electron chi connectivity index (χ3n) is 2.88. The molecule has 0 saturated heterocycles. The second-order valence-electron chi connectivity index (χ2n) is 4.02. The summed E-state index contributed by atoms with van der Waals surface area (Å²) < 4.78 is 19.1. The van der Waals surface area contributed by atoms with Crippen molar-refractivity contribution in [3.63, 3.8) is 0 Å². The van der Waals surface area contributed by atoms with E-state index in [1.807, 2.05) is 13.0 Å². The Balaban J connectivity index is 2.24. The van der Waals surface area contributed by atoms with Crippen LogP contribution in [0.5, 0.6) is 0 Å². The zero-order valence-corrected chi connectivity index (χ0v) is 12.3. The van der Waals surface area contributed by atoms with Crippen LogP contribution in [0.25, 0.3) is 0 Å². The van der Waals surface area contributed by atoms with E-state index in [-0.39, 0.29) is 10.6 Å². The summed E-state index contributed by atoms with van der Waals surface area (Å²) in [7, 11) is 0. The predicted octanol–water partition coefficient (Wildman–Crippen LogP) is 5.31. The van der Waals surface area contributed by atoms with E-state index in [1.165, 1.54) is 6.07 Å². The third-order valence-corrected chi connectivity index (χ3v) is 4.05. The van der Waals surface area contributed by atoms with Crippen molar-refractivity contribution in [2.45, 2.75) is 24.6 Å². The fraction of sp³-hybridized carbons (Fsp3) is 0.286. The van der Waals surface area contributed by atoms with Crippen molar-refractivity contribution in [3.05, 3.63) is 58.3 Å². The van der Waals surface area contributed by atoms with E-state index in [0.717, 1.165) is 17.7 Å². The molecule has 2 rings (SSSR count). The molecule has 0 spiro atoms. The summed E-state index contributed by atoms with van der Waals surface area (Å²) in [5.74, 6) is 0.651.